The van der Waals surface area contributed by atoms with Crippen LogP contribution in [-0.4, -0.2) is 39.2 Å². The van der Waals surface area contributed by atoms with E-state index in [1.165, 1.54) is 12.1 Å². The summed E-state index contributed by atoms with van der Waals surface area (Å²) in [6.07, 6.45) is 5.76. The van der Waals surface area contributed by atoms with Crippen LogP contribution in [0.4, 0.5) is 4.39 Å². The SMILES string of the molecule is Cc1nc2n(c(=O)c1CCN1CCC(c3noc4cc(F)ccc34)CC1)C(C)CCC2. The van der Waals surface area contributed by atoms with E-state index in [-0.39, 0.29) is 17.4 Å². The Balaban J connectivity index is 1.24. The van der Waals surface area contributed by atoms with Gasteiger partial charge in [0.05, 0.1) is 5.69 Å². The van der Waals surface area contributed by atoms with Gasteiger partial charge < -0.3 is 9.42 Å². The molecule has 4 heterocycles. The maximum Gasteiger partial charge on any atom is 0.257 e. The average Bonchev–Trinajstić information content (AvgIpc) is 3.17. The minimum Gasteiger partial charge on any atom is -0.356 e. The largest absolute Gasteiger partial charge is 0.356 e. The van der Waals surface area contributed by atoms with Crippen LogP contribution in [0.15, 0.2) is 27.5 Å². The number of hydrogen-bond acceptors (Lipinski definition) is 5. The first-order chi connectivity index (χ1) is 15.0. The predicted octanol–water partition coefficient (Wildman–Crippen LogP) is 4.15. The second-order valence-electron chi connectivity index (χ2n) is 9.08. The Morgan fingerprint density at radius 1 is 1.23 bits per heavy atom. The number of nitrogens with zero attached hydrogens (tertiary/aromatic N) is 4. The first-order valence-corrected chi connectivity index (χ1v) is 11.4. The first-order valence-electron chi connectivity index (χ1n) is 11.4. The Bertz CT molecular complexity index is 1160. The summed E-state index contributed by atoms with van der Waals surface area (Å²) < 4.78 is 20.7. The van der Waals surface area contributed by atoms with Crippen molar-refractivity contribution >= 4 is 11.0 Å². The molecule has 0 N–H and O–H groups in total. The van der Waals surface area contributed by atoms with Gasteiger partial charge in [-0.3, -0.25) is 9.36 Å². The van der Waals surface area contributed by atoms with E-state index in [1.54, 1.807) is 6.07 Å². The Morgan fingerprint density at radius 3 is 2.84 bits per heavy atom. The quantitative estimate of drug-likeness (QED) is 0.630. The number of halogens is 1. The van der Waals surface area contributed by atoms with Crippen molar-refractivity contribution in [2.45, 2.75) is 64.3 Å². The van der Waals surface area contributed by atoms with Crippen LogP contribution in [-0.2, 0) is 12.8 Å². The number of rotatable bonds is 4. The molecule has 1 saturated heterocycles. The lowest BCUT2D eigenvalue weighted by atomic mass is 9.91. The van der Waals surface area contributed by atoms with Crippen LogP contribution in [0, 0.1) is 12.7 Å². The molecular weight excluding hydrogens is 395 g/mol. The number of aryl methyl sites for hydroxylation is 2. The third kappa shape index (κ3) is 3.80. The third-order valence-electron chi connectivity index (χ3n) is 7.07. The second kappa shape index (κ2) is 8.19. The Labute approximate surface area is 181 Å². The lowest BCUT2D eigenvalue weighted by Gasteiger charge is -2.31. The van der Waals surface area contributed by atoms with Gasteiger partial charge in [-0.05, 0) is 71.2 Å². The van der Waals surface area contributed by atoms with Crippen LogP contribution in [0.5, 0.6) is 0 Å². The van der Waals surface area contributed by atoms with Gasteiger partial charge in [-0.1, -0.05) is 5.16 Å². The molecule has 5 rings (SSSR count). The molecule has 0 spiro atoms. The fourth-order valence-corrected chi connectivity index (χ4v) is 5.26. The predicted molar refractivity (Wildman–Crippen MR) is 117 cm³/mol. The molecule has 31 heavy (non-hydrogen) atoms. The van der Waals surface area contributed by atoms with Crippen molar-refractivity contribution in [3.63, 3.8) is 0 Å². The van der Waals surface area contributed by atoms with Crippen molar-refractivity contribution in [3.05, 3.63) is 57.1 Å². The molecule has 0 amide bonds. The molecule has 3 aromatic rings. The fourth-order valence-electron chi connectivity index (χ4n) is 5.26. The Kier molecular flexibility index (Phi) is 5.38. The highest BCUT2D eigenvalue weighted by molar-refractivity contribution is 5.79. The molecule has 164 valence electrons. The van der Waals surface area contributed by atoms with E-state index in [0.29, 0.717) is 11.5 Å². The number of fused-ring (bicyclic) bond motifs is 2. The highest BCUT2D eigenvalue weighted by atomic mass is 19.1. The van der Waals surface area contributed by atoms with Gasteiger partial charge in [0.1, 0.15) is 11.6 Å². The van der Waals surface area contributed by atoms with Crippen molar-refractivity contribution < 1.29 is 8.91 Å². The molecule has 0 saturated carbocycles. The second-order valence-corrected chi connectivity index (χ2v) is 9.08. The molecule has 2 aliphatic heterocycles. The molecule has 6 nitrogen and oxygen atoms in total. The number of likely N-dealkylation sites (tertiary alicyclic amines) is 1. The van der Waals surface area contributed by atoms with Gasteiger partial charge in [-0.2, -0.15) is 0 Å². The number of piperidine rings is 1. The molecule has 1 unspecified atom stereocenters. The average molecular weight is 425 g/mol. The van der Waals surface area contributed by atoms with Crippen LogP contribution in [0.1, 0.15) is 67.3 Å². The van der Waals surface area contributed by atoms with Crippen LogP contribution in [0.3, 0.4) is 0 Å². The van der Waals surface area contributed by atoms with Gasteiger partial charge in [0.2, 0.25) is 0 Å². The number of benzene rings is 1. The molecule has 2 aromatic heterocycles. The summed E-state index contributed by atoms with van der Waals surface area (Å²) in [7, 11) is 0. The lowest BCUT2D eigenvalue weighted by Crippen LogP contribution is -2.38. The Morgan fingerprint density at radius 2 is 2.03 bits per heavy atom. The monoisotopic (exact) mass is 424 g/mol. The van der Waals surface area contributed by atoms with Crippen molar-refractivity contribution in [1.29, 1.82) is 0 Å². The summed E-state index contributed by atoms with van der Waals surface area (Å²) in [6, 6.07) is 4.87. The van der Waals surface area contributed by atoms with Gasteiger partial charge in [-0.25, -0.2) is 9.37 Å². The van der Waals surface area contributed by atoms with Crippen molar-refractivity contribution in [2.24, 2.45) is 0 Å². The van der Waals surface area contributed by atoms with Crippen LogP contribution >= 0.6 is 0 Å². The smallest absolute Gasteiger partial charge is 0.257 e. The van der Waals surface area contributed by atoms with Gasteiger partial charge in [0.15, 0.2) is 5.58 Å². The van der Waals surface area contributed by atoms with Crippen molar-refractivity contribution in [2.75, 3.05) is 19.6 Å². The lowest BCUT2D eigenvalue weighted by molar-refractivity contribution is 0.211. The van der Waals surface area contributed by atoms with Crippen LogP contribution in [0.25, 0.3) is 11.0 Å². The molecule has 0 bridgehead atoms. The highest BCUT2D eigenvalue weighted by Crippen LogP contribution is 2.32. The van der Waals surface area contributed by atoms with Crippen molar-refractivity contribution in [3.8, 4) is 0 Å². The summed E-state index contributed by atoms with van der Waals surface area (Å²) >= 11 is 0. The van der Waals surface area contributed by atoms with E-state index in [4.69, 9.17) is 9.51 Å². The molecule has 1 aromatic carbocycles. The normalized spacial score (nSPS) is 20.3. The molecule has 1 atom stereocenters. The third-order valence-corrected chi connectivity index (χ3v) is 7.07. The van der Waals surface area contributed by atoms with E-state index < -0.39 is 0 Å². The molecule has 0 radical (unpaired) electrons. The van der Waals surface area contributed by atoms with Crippen LogP contribution in [0.2, 0.25) is 0 Å². The summed E-state index contributed by atoms with van der Waals surface area (Å²) in [4.78, 5) is 20.3. The van der Waals surface area contributed by atoms with E-state index in [0.717, 1.165) is 86.3 Å². The summed E-state index contributed by atoms with van der Waals surface area (Å²) in [5, 5.41) is 5.15. The summed E-state index contributed by atoms with van der Waals surface area (Å²) in [5.41, 5.74) is 3.37. The molecular formula is C24H29FN4O2. The zero-order valence-electron chi connectivity index (χ0n) is 18.2. The van der Waals surface area contributed by atoms with Gasteiger partial charge >= 0.3 is 0 Å². The van der Waals surface area contributed by atoms with E-state index >= 15 is 0 Å². The molecule has 1 fully saturated rings. The van der Waals surface area contributed by atoms with Crippen LogP contribution < -0.4 is 5.56 Å². The zero-order chi connectivity index (χ0) is 21.5. The van der Waals surface area contributed by atoms with E-state index in [2.05, 4.69) is 17.0 Å². The van der Waals surface area contributed by atoms with Gasteiger partial charge in [0, 0.05) is 47.6 Å². The summed E-state index contributed by atoms with van der Waals surface area (Å²) in [5.74, 6) is 0.967. The molecule has 2 aliphatic rings. The topological polar surface area (TPSA) is 64.2 Å². The minimum absolute atomic E-state index is 0.158. The number of aromatic nitrogens is 3. The Hall–Kier alpha value is -2.54. The zero-order valence-corrected chi connectivity index (χ0v) is 18.2. The van der Waals surface area contributed by atoms with E-state index in [1.807, 2.05) is 11.5 Å². The van der Waals surface area contributed by atoms with Gasteiger partial charge in [-0.15, -0.1) is 0 Å². The first kappa shape index (κ1) is 20.4. The standard InChI is InChI=1S/C24H29FN4O2/c1-15-4-3-5-22-26-16(2)19(24(30)29(15)22)10-13-28-11-8-17(9-12-28)23-20-7-6-18(25)14-21(20)31-27-23/h6-7,14-15,17H,3-5,8-13H2,1-2H3. The molecule has 0 aliphatic carbocycles. The van der Waals surface area contributed by atoms with Crippen molar-refractivity contribution in [1.82, 2.24) is 19.6 Å². The van der Waals surface area contributed by atoms with Gasteiger partial charge in [0.25, 0.3) is 5.56 Å². The maximum absolute atomic E-state index is 13.4. The number of hydrogen-bond donors (Lipinski definition) is 0. The molecule has 7 heteroatoms. The summed E-state index contributed by atoms with van der Waals surface area (Å²) in [6.45, 7) is 6.87. The minimum atomic E-state index is -0.303. The fraction of sp³-hybridized carbons (Fsp3) is 0.542. The highest BCUT2D eigenvalue weighted by Gasteiger charge is 2.26. The maximum atomic E-state index is 13.4. The van der Waals surface area contributed by atoms with E-state index in [9.17, 15) is 9.18 Å².